The summed E-state index contributed by atoms with van der Waals surface area (Å²) in [4.78, 5) is 14.1. The van der Waals surface area contributed by atoms with E-state index < -0.39 is 31.4 Å². The van der Waals surface area contributed by atoms with E-state index in [4.69, 9.17) is 11.6 Å². The van der Waals surface area contributed by atoms with Crippen molar-refractivity contribution in [1.82, 2.24) is 9.21 Å². The number of thioether (sulfide) groups is 1. The van der Waals surface area contributed by atoms with Crippen LogP contribution in [0.2, 0.25) is 5.02 Å². The maximum Gasteiger partial charge on any atom is 0.320 e. The van der Waals surface area contributed by atoms with E-state index in [-0.39, 0.29) is 17.4 Å². The Kier molecular flexibility index (Phi) is 6.42. The Balaban J connectivity index is 1.66. The van der Waals surface area contributed by atoms with Gasteiger partial charge in [-0.2, -0.15) is 13.0 Å². The van der Waals surface area contributed by atoms with Crippen LogP contribution < -0.4 is 13.8 Å². The van der Waals surface area contributed by atoms with Crippen molar-refractivity contribution in [3.8, 4) is 0 Å². The quantitative estimate of drug-likeness (QED) is 0.243. The Morgan fingerprint density at radius 1 is 1.31 bits per heavy atom. The van der Waals surface area contributed by atoms with Crippen LogP contribution in [-0.4, -0.2) is 45.5 Å². The third-order valence-electron chi connectivity index (χ3n) is 5.75. The van der Waals surface area contributed by atoms with Crippen molar-refractivity contribution < 1.29 is 30.7 Å². The van der Waals surface area contributed by atoms with Gasteiger partial charge in [0.2, 0.25) is 21.9 Å². The van der Waals surface area contributed by atoms with Crippen LogP contribution in [0.5, 0.6) is 0 Å². The van der Waals surface area contributed by atoms with E-state index in [1.165, 1.54) is 34.4 Å². The van der Waals surface area contributed by atoms with Crippen LogP contribution in [0.15, 0.2) is 38.0 Å². The van der Waals surface area contributed by atoms with Crippen molar-refractivity contribution in [3.05, 3.63) is 43.1 Å². The molecule has 1 saturated heterocycles. The zero-order valence-electron chi connectivity index (χ0n) is 17.8. The molecule has 2 atom stereocenters. The highest BCUT2D eigenvalue weighted by Crippen LogP contribution is 2.58. The number of thiophene rings is 1. The molecule has 186 valence electrons. The number of carbonyl (C=O) groups is 1. The molecule has 16 heteroatoms. The van der Waals surface area contributed by atoms with Crippen LogP contribution in [0.1, 0.15) is 11.4 Å². The number of quaternary nitrogens is 1. The molecule has 1 aromatic carbocycles. The summed E-state index contributed by atoms with van der Waals surface area (Å²) in [5.74, 6) is -0.695. The number of fused-ring (bicyclic) bond motifs is 3. The highest BCUT2D eigenvalue weighted by Gasteiger charge is 2.62. The summed E-state index contributed by atoms with van der Waals surface area (Å²) in [6.07, 6.45) is 3.01. The number of benzene rings is 1. The first-order chi connectivity index (χ1) is 16.3. The van der Waals surface area contributed by atoms with Gasteiger partial charge >= 0.3 is 10.1 Å². The van der Waals surface area contributed by atoms with Crippen molar-refractivity contribution in [3.63, 3.8) is 0 Å². The fourth-order valence-electron chi connectivity index (χ4n) is 4.35. The van der Waals surface area contributed by atoms with Crippen LogP contribution in [0.25, 0.3) is 15.6 Å². The van der Waals surface area contributed by atoms with E-state index in [0.29, 0.717) is 27.3 Å². The standard InChI is InChI=1S/C19H15BrClN3O6S5/c1-34(26,27)22-15(25)9-23-16(31-13-7-14(20)33-19(13)23)8-17-24(5-4-18(24)35(28,29)30)11-6-10(21)2-3-12(11)32-17/h2-3,6-8,18H,4-5,9H2,1H3/p+2. The summed E-state index contributed by atoms with van der Waals surface area (Å²) in [5, 5.41) is 0.694. The normalized spacial score (nSPS) is 23.1. The average Bonchev–Trinajstić information content (AvgIpc) is 3.28. The van der Waals surface area contributed by atoms with Crippen LogP contribution in [0, 0.1) is 0 Å². The SMILES string of the molecule is CS(=O)(=O)NC(=O)C[n+]1c(C=C2Sc3ccc(Cl)cc3[N+]23CCC3S(=O)(=O)O)sc2cc(Br)sc21. The molecule has 0 bridgehead atoms. The highest BCUT2D eigenvalue weighted by atomic mass is 79.9. The van der Waals surface area contributed by atoms with Crippen molar-refractivity contribution in [2.24, 2.45) is 0 Å². The number of aromatic nitrogens is 1. The second-order valence-corrected chi connectivity index (χ2v) is 16.4. The topological polar surface area (TPSA) is 121 Å². The first-order valence-electron chi connectivity index (χ1n) is 9.94. The number of rotatable bonds is 5. The molecule has 2 aliphatic heterocycles. The van der Waals surface area contributed by atoms with Crippen molar-refractivity contribution >= 4 is 109 Å². The second-order valence-electron chi connectivity index (χ2n) is 8.09. The lowest BCUT2D eigenvalue weighted by atomic mass is 10.1. The Morgan fingerprint density at radius 3 is 2.69 bits per heavy atom. The van der Waals surface area contributed by atoms with Gasteiger partial charge in [0.25, 0.3) is 15.7 Å². The maximum absolute atomic E-state index is 12.5. The molecule has 4 heterocycles. The molecule has 1 amide bonds. The van der Waals surface area contributed by atoms with Crippen LogP contribution in [-0.2, 0) is 31.5 Å². The van der Waals surface area contributed by atoms with Gasteiger partial charge in [-0.15, -0.1) is 0 Å². The number of amides is 1. The third-order valence-corrected chi connectivity index (χ3v) is 11.9. The Morgan fingerprint density at radius 2 is 2.06 bits per heavy atom. The van der Waals surface area contributed by atoms with E-state index in [0.717, 1.165) is 24.5 Å². The van der Waals surface area contributed by atoms with E-state index >= 15 is 0 Å². The summed E-state index contributed by atoms with van der Waals surface area (Å²) >= 11 is 13.9. The maximum atomic E-state index is 12.5. The molecule has 0 saturated carbocycles. The van der Waals surface area contributed by atoms with Gasteiger partial charge in [0.1, 0.15) is 4.70 Å². The van der Waals surface area contributed by atoms with Gasteiger partial charge in [-0.05, 0) is 45.9 Å². The summed E-state index contributed by atoms with van der Waals surface area (Å²) in [6.45, 7) is 0.209. The molecular weight excluding hydrogens is 642 g/mol. The molecule has 3 aromatic rings. The molecule has 2 aliphatic rings. The van der Waals surface area contributed by atoms with Crippen LogP contribution in [0.3, 0.4) is 0 Å². The van der Waals surface area contributed by atoms with Gasteiger partial charge in [-0.25, -0.2) is 17.6 Å². The molecule has 2 aromatic heterocycles. The fraction of sp³-hybridized carbons (Fsp3) is 0.263. The van der Waals surface area contributed by atoms with Gasteiger partial charge in [0.05, 0.1) is 34.0 Å². The van der Waals surface area contributed by atoms with Gasteiger partial charge < -0.3 is 0 Å². The minimum atomic E-state index is -4.37. The molecule has 2 N–H and O–H groups in total. The Labute approximate surface area is 226 Å². The Hall–Kier alpha value is -1.04. The lowest BCUT2D eigenvalue weighted by Crippen LogP contribution is -2.66. The molecule has 35 heavy (non-hydrogen) atoms. The number of nitrogens with zero attached hydrogens (tertiary/aromatic N) is 2. The molecule has 1 spiro atoms. The fourth-order valence-corrected chi connectivity index (χ4v) is 10.7. The number of halogens is 2. The highest BCUT2D eigenvalue weighted by molar-refractivity contribution is 9.11. The molecule has 0 radical (unpaired) electrons. The average molecular weight is 659 g/mol. The summed E-state index contributed by atoms with van der Waals surface area (Å²) in [7, 11) is -8.10. The van der Waals surface area contributed by atoms with E-state index in [9.17, 15) is 26.2 Å². The zero-order valence-corrected chi connectivity index (χ0v) is 24.2. The largest absolute Gasteiger partial charge is 0.320 e. The molecule has 9 nitrogen and oxygen atoms in total. The number of thiazole rings is 1. The van der Waals surface area contributed by atoms with Gasteiger partial charge in [-0.3, -0.25) is 9.35 Å². The van der Waals surface area contributed by atoms with E-state index in [2.05, 4.69) is 15.9 Å². The van der Waals surface area contributed by atoms with Crippen molar-refractivity contribution in [2.75, 3.05) is 12.8 Å². The number of sulfonamides is 1. The predicted molar refractivity (Wildman–Crippen MR) is 142 cm³/mol. The Bertz CT molecular complexity index is 1650. The van der Waals surface area contributed by atoms with Crippen molar-refractivity contribution in [2.45, 2.75) is 23.2 Å². The summed E-state index contributed by atoms with van der Waals surface area (Å²) in [5.41, 5.74) is 0.699. The molecule has 0 aliphatic carbocycles. The van der Waals surface area contributed by atoms with E-state index in [1.54, 1.807) is 16.7 Å². The zero-order chi connectivity index (χ0) is 25.3. The monoisotopic (exact) mass is 657 g/mol. The smallest absolute Gasteiger partial charge is 0.281 e. The first-order valence-corrected chi connectivity index (χ1v) is 17.0. The molecule has 5 rings (SSSR count). The van der Waals surface area contributed by atoms with E-state index in [1.807, 2.05) is 22.9 Å². The minimum absolute atomic E-state index is 0.0792. The third kappa shape index (κ3) is 4.59. The predicted octanol–water partition coefficient (Wildman–Crippen LogP) is 3.77. The van der Waals surface area contributed by atoms with Crippen molar-refractivity contribution in [1.29, 1.82) is 0 Å². The number of nitrogens with one attached hydrogen (secondary N) is 1. The minimum Gasteiger partial charge on any atom is -0.281 e. The van der Waals surface area contributed by atoms with Gasteiger partial charge in [-0.1, -0.05) is 34.3 Å². The number of carbonyl (C=O) groups excluding carboxylic acids is 1. The summed E-state index contributed by atoms with van der Waals surface area (Å²) < 4.78 is 63.1. The van der Waals surface area contributed by atoms with Gasteiger partial charge in [0, 0.05) is 11.1 Å². The van der Waals surface area contributed by atoms with Gasteiger partial charge in [0.15, 0.2) is 10.7 Å². The lowest BCUT2D eigenvalue weighted by Gasteiger charge is -2.47. The molecular formula is C19H17BrClN3O6S5+2. The van der Waals surface area contributed by atoms with Crippen LogP contribution >= 0.6 is 62.0 Å². The molecule has 1 fully saturated rings. The lowest BCUT2D eigenvalue weighted by molar-refractivity contribution is -0.653. The second kappa shape index (κ2) is 8.77. The molecule has 2 unspecified atom stereocenters. The first kappa shape index (κ1) is 25.6. The number of hydrogen-bond acceptors (Lipinski definition) is 8. The van der Waals surface area contributed by atoms with Crippen LogP contribution in [0.4, 0.5) is 5.69 Å². The number of hydrogen-bond donors (Lipinski definition) is 2. The summed E-state index contributed by atoms with van der Waals surface area (Å²) in [6, 6.07) is 7.17.